The van der Waals surface area contributed by atoms with Crippen molar-refractivity contribution in [1.29, 1.82) is 0 Å². The summed E-state index contributed by atoms with van der Waals surface area (Å²) in [6.07, 6.45) is 0.866. The van der Waals surface area contributed by atoms with Crippen molar-refractivity contribution in [2.45, 2.75) is 33.2 Å². The Balaban J connectivity index is 3.01. The van der Waals surface area contributed by atoms with E-state index >= 15 is 0 Å². The Kier molecular flexibility index (Phi) is 5.43. The lowest BCUT2D eigenvalue weighted by molar-refractivity contribution is -0.386. The predicted molar refractivity (Wildman–Crippen MR) is 67.7 cm³/mol. The number of rotatable bonds is 7. The van der Waals surface area contributed by atoms with Crippen LogP contribution in [0, 0.1) is 10.1 Å². The normalized spacial score (nSPS) is 10.5. The summed E-state index contributed by atoms with van der Waals surface area (Å²) in [5, 5.41) is 26.3. The summed E-state index contributed by atoms with van der Waals surface area (Å²) in [6, 6.07) is 0. The highest BCUT2D eigenvalue weighted by Gasteiger charge is 2.25. The lowest BCUT2D eigenvalue weighted by atomic mass is 10.2. The van der Waals surface area contributed by atoms with E-state index in [2.05, 4.69) is 10.4 Å². The molecule has 0 aromatic carbocycles. The van der Waals surface area contributed by atoms with E-state index in [4.69, 9.17) is 5.11 Å². The number of aromatic nitrogens is 2. The van der Waals surface area contributed by atoms with Gasteiger partial charge in [0.1, 0.15) is 17.9 Å². The fraction of sp³-hybridized carbons (Fsp3) is 0.636. The van der Waals surface area contributed by atoms with Gasteiger partial charge in [-0.3, -0.25) is 19.6 Å². The Morgan fingerprint density at radius 2 is 2.16 bits per heavy atom. The van der Waals surface area contributed by atoms with Gasteiger partial charge in [-0.2, -0.15) is 5.10 Å². The molecule has 0 radical (unpaired) electrons. The summed E-state index contributed by atoms with van der Waals surface area (Å²) in [6.45, 7) is 3.50. The maximum Gasteiger partial charge on any atom is 0.313 e. The molecule has 8 heteroatoms. The molecule has 8 nitrogen and oxygen atoms in total. The van der Waals surface area contributed by atoms with Crippen molar-refractivity contribution >= 4 is 11.6 Å². The Morgan fingerprint density at radius 1 is 1.47 bits per heavy atom. The molecule has 0 saturated heterocycles. The fourth-order valence-electron chi connectivity index (χ4n) is 1.86. The molecule has 1 aromatic rings. The predicted octanol–water partition coefficient (Wildman–Crippen LogP) is 0.0246. The molecule has 1 heterocycles. The summed E-state index contributed by atoms with van der Waals surface area (Å²) < 4.78 is 1.36. The quantitative estimate of drug-likeness (QED) is 0.536. The summed E-state index contributed by atoms with van der Waals surface area (Å²) in [7, 11) is 0. The molecule has 2 N–H and O–H groups in total. The molecule has 1 rings (SSSR count). The molecular formula is C11H18N4O4. The summed E-state index contributed by atoms with van der Waals surface area (Å²) in [5.41, 5.74) is 0.831. The lowest BCUT2D eigenvalue weighted by Gasteiger charge is -2.05. The maximum atomic E-state index is 11.6. The smallest absolute Gasteiger partial charge is 0.313 e. The number of aliphatic hydroxyl groups excluding tert-OH is 1. The van der Waals surface area contributed by atoms with E-state index in [0.29, 0.717) is 24.2 Å². The summed E-state index contributed by atoms with van der Waals surface area (Å²) in [5.74, 6) is -0.330. The third-order valence-corrected chi connectivity index (χ3v) is 2.68. The van der Waals surface area contributed by atoms with Crippen LogP contribution in [-0.4, -0.2) is 38.9 Å². The minimum absolute atomic E-state index is 0.0000387. The van der Waals surface area contributed by atoms with Gasteiger partial charge >= 0.3 is 5.69 Å². The van der Waals surface area contributed by atoms with Gasteiger partial charge in [0.25, 0.3) is 0 Å². The first-order chi connectivity index (χ1) is 9.04. The highest BCUT2D eigenvalue weighted by atomic mass is 16.6. The number of aryl methyl sites for hydroxylation is 1. The molecule has 0 aliphatic rings. The first-order valence-electron chi connectivity index (χ1n) is 6.15. The molecule has 0 aliphatic heterocycles. The van der Waals surface area contributed by atoms with Crippen LogP contribution in [0.1, 0.15) is 25.2 Å². The van der Waals surface area contributed by atoms with Gasteiger partial charge in [-0.25, -0.2) is 0 Å². The van der Waals surface area contributed by atoms with Crippen molar-refractivity contribution in [1.82, 2.24) is 15.1 Å². The van der Waals surface area contributed by atoms with Crippen molar-refractivity contribution in [3.63, 3.8) is 0 Å². The Bertz CT molecular complexity index is 470. The number of hydrogen-bond acceptors (Lipinski definition) is 5. The minimum atomic E-state index is -0.452. The zero-order chi connectivity index (χ0) is 14.4. The Morgan fingerprint density at radius 3 is 2.63 bits per heavy atom. The molecule has 0 unspecified atom stereocenters. The molecular weight excluding hydrogens is 252 g/mol. The van der Waals surface area contributed by atoms with E-state index in [9.17, 15) is 14.9 Å². The molecule has 0 bridgehead atoms. The second kappa shape index (κ2) is 6.83. The molecule has 1 amide bonds. The number of carbonyl (C=O) groups excluding carboxylic acids is 1. The first-order valence-corrected chi connectivity index (χ1v) is 6.15. The number of aliphatic hydroxyl groups is 1. The third kappa shape index (κ3) is 3.50. The van der Waals surface area contributed by atoms with Crippen LogP contribution >= 0.6 is 0 Å². The molecule has 0 spiro atoms. The number of nitrogens with zero attached hydrogens (tertiary/aromatic N) is 3. The summed E-state index contributed by atoms with van der Waals surface area (Å²) in [4.78, 5) is 22.2. The monoisotopic (exact) mass is 270 g/mol. The van der Waals surface area contributed by atoms with Gasteiger partial charge in [0.2, 0.25) is 5.91 Å². The van der Waals surface area contributed by atoms with Crippen LogP contribution in [-0.2, 0) is 24.2 Å². The van der Waals surface area contributed by atoms with Gasteiger partial charge in [0, 0.05) is 6.54 Å². The van der Waals surface area contributed by atoms with E-state index in [0.717, 1.165) is 0 Å². The highest BCUT2D eigenvalue weighted by molar-refractivity contribution is 5.75. The number of nitro groups is 1. The van der Waals surface area contributed by atoms with E-state index in [1.165, 1.54) is 4.68 Å². The van der Waals surface area contributed by atoms with E-state index < -0.39 is 4.92 Å². The van der Waals surface area contributed by atoms with Crippen LogP contribution in [0.25, 0.3) is 0 Å². The number of amides is 1. The van der Waals surface area contributed by atoms with E-state index in [1.54, 1.807) is 13.8 Å². The van der Waals surface area contributed by atoms with Crippen LogP contribution in [0.2, 0.25) is 0 Å². The largest absolute Gasteiger partial charge is 0.395 e. The van der Waals surface area contributed by atoms with Crippen molar-refractivity contribution < 1.29 is 14.8 Å². The fourth-order valence-corrected chi connectivity index (χ4v) is 1.86. The Labute approximate surface area is 110 Å². The average molecular weight is 270 g/mol. The zero-order valence-corrected chi connectivity index (χ0v) is 11.0. The van der Waals surface area contributed by atoms with Crippen molar-refractivity contribution in [2.75, 3.05) is 13.2 Å². The third-order valence-electron chi connectivity index (χ3n) is 2.68. The van der Waals surface area contributed by atoms with Crippen molar-refractivity contribution in [3.05, 3.63) is 21.5 Å². The number of nitrogens with one attached hydrogen (secondary N) is 1. The second-order valence-electron chi connectivity index (χ2n) is 3.94. The SMILES string of the molecule is CCc1nn(CC(=O)NCCO)c(CC)c1[N+](=O)[O-]. The topological polar surface area (TPSA) is 110 Å². The minimum Gasteiger partial charge on any atom is -0.395 e. The van der Waals surface area contributed by atoms with E-state index in [1.807, 2.05) is 0 Å². The van der Waals surface area contributed by atoms with Gasteiger partial charge < -0.3 is 10.4 Å². The number of carbonyl (C=O) groups is 1. The molecule has 0 saturated carbocycles. The molecule has 19 heavy (non-hydrogen) atoms. The average Bonchev–Trinajstić information content (AvgIpc) is 2.73. The zero-order valence-electron chi connectivity index (χ0n) is 11.0. The number of hydrogen-bond donors (Lipinski definition) is 2. The van der Waals surface area contributed by atoms with Crippen molar-refractivity contribution in [2.24, 2.45) is 0 Å². The molecule has 1 aromatic heterocycles. The molecule has 106 valence electrons. The van der Waals surface area contributed by atoms with Crippen LogP contribution in [0.15, 0.2) is 0 Å². The van der Waals surface area contributed by atoms with Gasteiger partial charge in [-0.1, -0.05) is 13.8 Å². The Hall–Kier alpha value is -1.96. The van der Waals surface area contributed by atoms with Gasteiger partial charge in [0.15, 0.2) is 0 Å². The molecule has 0 fully saturated rings. The first kappa shape index (κ1) is 15.1. The van der Waals surface area contributed by atoms with Gasteiger partial charge in [0.05, 0.1) is 11.5 Å². The second-order valence-corrected chi connectivity index (χ2v) is 3.94. The molecule has 0 atom stereocenters. The van der Waals surface area contributed by atoms with Gasteiger partial charge in [-0.15, -0.1) is 0 Å². The van der Waals surface area contributed by atoms with Crippen LogP contribution < -0.4 is 5.32 Å². The standard InChI is InChI=1S/C11H18N4O4/c1-3-8-11(15(18)19)9(4-2)14(13-8)7-10(17)12-5-6-16/h16H,3-7H2,1-2H3,(H,12,17). The van der Waals surface area contributed by atoms with Gasteiger partial charge in [-0.05, 0) is 12.8 Å². The molecule has 0 aliphatic carbocycles. The van der Waals surface area contributed by atoms with Crippen molar-refractivity contribution in [3.8, 4) is 0 Å². The lowest BCUT2D eigenvalue weighted by Crippen LogP contribution is -2.30. The maximum absolute atomic E-state index is 11.6. The van der Waals surface area contributed by atoms with Crippen LogP contribution in [0.4, 0.5) is 5.69 Å². The summed E-state index contributed by atoms with van der Waals surface area (Å²) >= 11 is 0. The van der Waals surface area contributed by atoms with Crippen LogP contribution in [0.5, 0.6) is 0 Å². The highest BCUT2D eigenvalue weighted by Crippen LogP contribution is 2.24. The van der Waals surface area contributed by atoms with E-state index in [-0.39, 0.29) is 31.3 Å². The van der Waals surface area contributed by atoms with Crippen LogP contribution in [0.3, 0.4) is 0 Å².